The fourth-order valence-electron chi connectivity index (χ4n) is 3.60. The van der Waals surface area contributed by atoms with Crippen molar-refractivity contribution in [3.8, 4) is 0 Å². The summed E-state index contributed by atoms with van der Waals surface area (Å²) in [6.45, 7) is 1.72. The molecular weight excluding hydrogens is 382 g/mol. The fraction of sp³-hybridized carbons (Fsp3) is 0.526. The monoisotopic (exact) mass is 407 g/mol. The maximum Gasteiger partial charge on any atom is 0.253 e. The molecule has 0 aliphatic carbocycles. The summed E-state index contributed by atoms with van der Waals surface area (Å²) in [6, 6.07) is 6.94. The van der Waals surface area contributed by atoms with Gasteiger partial charge in [0.05, 0.1) is 12.8 Å². The molecule has 2 saturated heterocycles. The highest BCUT2D eigenvalue weighted by molar-refractivity contribution is 7.88. The molecule has 0 aromatic heterocycles. The first-order valence-electron chi connectivity index (χ1n) is 9.39. The second-order valence-corrected chi connectivity index (χ2v) is 9.28. The lowest BCUT2D eigenvalue weighted by Crippen LogP contribution is -2.43. The Morgan fingerprint density at radius 3 is 2.39 bits per heavy atom. The van der Waals surface area contributed by atoms with Crippen molar-refractivity contribution in [2.75, 3.05) is 25.9 Å². The number of imide groups is 1. The van der Waals surface area contributed by atoms with E-state index in [0.29, 0.717) is 25.2 Å². The topological polar surface area (TPSA) is 104 Å². The Morgan fingerprint density at radius 2 is 1.79 bits per heavy atom. The van der Waals surface area contributed by atoms with E-state index >= 15 is 0 Å². The summed E-state index contributed by atoms with van der Waals surface area (Å²) in [4.78, 5) is 39.2. The van der Waals surface area contributed by atoms with Crippen molar-refractivity contribution in [2.45, 2.75) is 32.2 Å². The zero-order chi connectivity index (χ0) is 20.3. The summed E-state index contributed by atoms with van der Waals surface area (Å²) in [5.74, 6) is -0.317. The van der Waals surface area contributed by atoms with Crippen molar-refractivity contribution in [1.29, 1.82) is 0 Å². The van der Waals surface area contributed by atoms with Crippen LogP contribution >= 0.6 is 0 Å². The molecule has 1 N–H and O–H groups in total. The van der Waals surface area contributed by atoms with E-state index in [1.165, 1.54) is 4.90 Å². The molecule has 2 aliphatic rings. The molecule has 0 unspecified atom stereocenters. The fourth-order valence-corrected chi connectivity index (χ4v) is 4.14. The van der Waals surface area contributed by atoms with Gasteiger partial charge in [0.25, 0.3) is 5.91 Å². The zero-order valence-corrected chi connectivity index (χ0v) is 16.7. The summed E-state index contributed by atoms with van der Waals surface area (Å²) in [7, 11) is -3.24. The molecule has 0 radical (unpaired) electrons. The molecule has 0 saturated carbocycles. The second kappa shape index (κ2) is 8.40. The molecule has 2 fully saturated rings. The Morgan fingerprint density at radius 1 is 1.14 bits per heavy atom. The first-order chi connectivity index (χ1) is 13.2. The van der Waals surface area contributed by atoms with Crippen LogP contribution in [0.2, 0.25) is 0 Å². The average Bonchev–Trinajstić information content (AvgIpc) is 2.98. The van der Waals surface area contributed by atoms with E-state index in [4.69, 9.17) is 0 Å². The third-order valence-corrected chi connectivity index (χ3v) is 5.83. The Labute approximate surface area is 164 Å². The third-order valence-electron chi connectivity index (χ3n) is 5.14. The first kappa shape index (κ1) is 20.5. The van der Waals surface area contributed by atoms with Gasteiger partial charge < -0.3 is 4.90 Å². The number of sulfonamides is 1. The van der Waals surface area contributed by atoms with Crippen LogP contribution in [-0.2, 0) is 26.2 Å². The molecule has 8 nitrogen and oxygen atoms in total. The summed E-state index contributed by atoms with van der Waals surface area (Å²) in [5, 5.41) is 0. The Kier molecular flexibility index (Phi) is 6.14. The number of nitrogens with zero attached hydrogens (tertiary/aromatic N) is 2. The van der Waals surface area contributed by atoms with E-state index in [9.17, 15) is 22.8 Å². The number of carbonyl (C=O) groups is 3. The predicted octanol–water partition coefficient (Wildman–Crippen LogP) is 0.737. The molecule has 1 aromatic carbocycles. The molecule has 3 amide bonds. The van der Waals surface area contributed by atoms with Crippen LogP contribution in [0.4, 0.5) is 0 Å². The summed E-state index contributed by atoms with van der Waals surface area (Å²) in [5.41, 5.74) is 1.34. The van der Waals surface area contributed by atoms with Crippen LogP contribution in [0.1, 0.15) is 41.6 Å². The van der Waals surface area contributed by atoms with E-state index < -0.39 is 10.0 Å². The molecule has 3 rings (SSSR count). The van der Waals surface area contributed by atoms with Crippen molar-refractivity contribution < 1.29 is 22.8 Å². The number of nitrogens with one attached hydrogen (secondary N) is 1. The minimum atomic E-state index is -3.24. The van der Waals surface area contributed by atoms with Crippen LogP contribution in [0.3, 0.4) is 0 Å². The molecule has 28 heavy (non-hydrogen) atoms. The lowest BCUT2D eigenvalue weighted by atomic mass is 9.97. The second-order valence-electron chi connectivity index (χ2n) is 7.45. The highest BCUT2D eigenvalue weighted by Gasteiger charge is 2.29. The van der Waals surface area contributed by atoms with Gasteiger partial charge in [-0.3, -0.25) is 19.3 Å². The quantitative estimate of drug-likeness (QED) is 0.701. The van der Waals surface area contributed by atoms with Gasteiger partial charge in [-0.1, -0.05) is 12.1 Å². The van der Waals surface area contributed by atoms with Gasteiger partial charge in [0.2, 0.25) is 21.8 Å². The van der Waals surface area contributed by atoms with Gasteiger partial charge >= 0.3 is 0 Å². The van der Waals surface area contributed by atoms with Crippen molar-refractivity contribution in [3.63, 3.8) is 0 Å². The van der Waals surface area contributed by atoms with E-state index in [1.807, 2.05) is 0 Å². The molecule has 0 bridgehead atoms. The predicted molar refractivity (Wildman–Crippen MR) is 103 cm³/mol. The van der Waals surface area contributed by atoms with Gasteiger partial charge in [0, 0.05) is 38.0 Å². The smallest absolute Gasteiger partial charge is 0.253 e. The van der Waals surface area contributed by atoms with Crippen LogP contribution in [0.25, 0.3) is 0 Å². The van der Waals surface area contributed by atoms with Crippen molar-refractivity contribution in [2.24, 2.45) is 5.92 Å². The Balaban J connectivity index is 1.59. The summed E-state index contributed by atoms with van der Waals surface area (Å²) >= 11 is 0. The standard InChI is InChI=1S/C19H25N3O5S/c1-28(26,27)20-11-15-3-2-10-21(12-15)19(25)16-6-4-14(5-7-16)13-22-17(23)8-9-18(22)24/h4-7,15,20H,2-3,8-13H2,1H3/t15-/m0/s1. The number of piperidine rings is 1. The molecular formula is C19H25N3O5S. The molecule has 152 valence electrons. The van der Waals surface area contributed by atoms with Crippen LogP contribution in [0.5, 0.6) is 0 Å². The molecule has 0 spiro atoms. The van der Waals surface area contributed by atoms with Crippen LogP contribution < -0.4 is 4.72 Å². The third kappa shape index (κ3) is 5.17. The van der Waals surface area contributed by atoms with E-state index in [2.05, 4.69) is 4.72 Å². The minimum absolute atomic E-state index is 0.0936. The Bertz CT molecular complexity index is 850. The number of benzene rings is 1. The van der Waals surface area contributed by atoms with Crippen LogP contribution in [-0.4, -0.2) is 61.8 Å². The van der Waals surface area contributed by atoms with Crippen molar-refractivity contribution in [3.05, 3.63) is 35.4 Å². The molecule has 9 heteroatoms. The van der Waals surface area contributed by atoms with Gasteiger partial charge in [-0.05, 0) is 36.5 Å². The van der Waals surface area contributed by atoms with Gasteiger partial charge in [0.1, 0.15) is 0 Å². The van der Waals surface area contributed by atoms with Crippen LogP contribution in [0.15, 0.2) is 24.3 Å². The van der Waals surface area contributed by atoms with Crippen molar-refractivity contribution >= 4 is 27.7 Å². The maximum absolute atomic E-state index is 12.8. The number of amides is 3. The zero-order valence-electron chi connectivity index (χ0n) is 15.9. The molecule has 2 heterocycles. The lowest BCUT2D eigenvalue weighted by molar-refractivity contribution is -0.139. The molecule has 1 atom stereocenters. The first-order valence-corrected chi connectivity index (χ1v) is 11.3. The Hall–Kier alpha value is -2.26. The number of hydrogen-bond acceptors (Lipinski definition) is 5. The SMILES string of the molecule is CS(=O)(=O)NC[C@@H]1CCCN(C(=O)c2ccc(CN3C(=O)CCC3=O)cc2)C1. The van der Waals surface area contributed by atoms with Gasteiger partial charge in [0.15, 0.2) is 0 Å². The maximum atomic E-state index is 12.8. The lowest BCUT2D eigenvalue weighted by Gasteiger charge is -2.33. The van der Waals surface area contributed by atoms with E-state index in [1.54, 1.807) is 29.2 Å². The highest BCUT2D eigenvalue weighted by Crippen LogP contribution is 2.20. The van der Waals surface area contributed by atoms with E-state index in [-0.39, 0.29) is 43.0 Å². The average molecular weight is 407 g/mol. The number of carbonyl (C=O) groups excluding carboxylic acids is 3. The van der Waals surface area contributed by atoms with Gasteiger partial charge in [-0.15, -0.1) is 0 Å². The summed E-state index contributed by atoms with van der Waals surface area (Å²) < 4.78 is 25.1. The van der Waals surface area contributed by atoms with E-state index in [0.717, 1.165) is 24.7 Å². The van der Waals surface area contributed by atoms with Crippen molar-refractivity contribution in [1.82, 2.24) is 14.5 Å². The highest BCUT2D eigenvalue weighted by atomic mass is 32.2. The summed E-state index contributed by atoms with van der Waals surface area (Å²) in [6.07, 6.45) is 3.37. The largest absolute Gasteiger partial charge is 0.338 e. The number of rotatable bonds is 6. The molecule has 1 aromatic rings. The molecule has 2 aliphatic heterocycles. The van der Waals surface area contributed by atoms with Crippen LogP contribution in [0, 0.1) is 5.92 Å². The minimum Gasteiger partial charge on any atom is -0.338 e. The van der Waals surface area contributed by atoms with Gasteiger partial charge in [-0.2, -0.15) is 0 Å². The number of likely N-dealkylation sites (tertiary alicyclic amines) is 2. The number of hydrogen-bond donors (Lipinski definition) is 1. The van der Waals surface area contributed by atoms with Gasteiger partial charge in [-0.25, -0.2) is 13.1 Å². The normalized spacial score (nSPS) is 20.7.